The lowest BCUT2D eigenvalue weighted by Crippen LogP contribution is -1.94. The molecule has 0 unspecified atom stereocenters. The van der Waals surface area contributed by atoms with Crippen LogP contribution in [0, 0.1) is 11.8 Å². The van der Waals surface area contributed by atoms with Crippen LogP contribution in [-0.2, 0) is 0 Å². The minimum Gasteiger partial charge on any atom is -0.497 e. The molecule has 0 saturated carbocycles. The summed E-state index contributed by atoms with van der Waals surface area (Å²) < 4.78 is 10.4. The second-order valence-electron chi connectivity index (χ2n) is 4.17. The molecule has 4 heteroatoms. The lowest BCUT2D eigenvalue weighted by molar-refractivity contribution is 0.415. The van der Waals surface area contributed by atoms with Crippen LogP contribution < -0.4 is 20.9 Å². The standard InChI is InChI=1S/C16H16N2O2/c1-19-14-9-11(8-13(17)10-14)6-7-12-4-3-5-15(18)16(12)20-2/h3-5,8-10H,17-18H2,1-2H3. The molecule has 4 N–H and O–H groups in total. The van der Waals surface area contributed by atoms with E-state index in [0.29, 0.717) is 22.9 Å². The molecular weight excluding hydrogens is 252 g/mol. The predicted octanol–water partition coefficient (Wildman–Crippen LogP) is 2.27. The molecule has 0 bridgehead atoms. The van der Waals surface area contributed by atoms with Gasteiger partial charge in [0.1, 0.15) is 5.75 Å². The van der Waals surface area contributed by atoms with Crippen LogP contribution >= 0.6 is 0 Å². The Kier molecular flexibility index (Phi) is 4.02. The summed E-state index contributed by atoms with van der Waals surface area (Å²) in [6.45, 7) is 0. The first-order valence-corrected chi connectivity index (χ1v) is 6.03. The Morgan fingerprint density at radius 1 is 0.950 bits per heavy atom. The fourth-order valence-corrected chi connectivity index (χ4v) is 1.83. The normalized spacial score (nSPS) is 9.50. The van der Waals surface area contributed by atoms with Crippen molar-refractivity contribution in [2.75, 3.05) is 25.7 Å². The van der Waals surface area contributed by atoms with Crippen LogP contribution in [0.25, 0.3) is 0 Å². The quantitative estimate of drug-likeness (QED) is 0.647. The number of ether oxygens (including phenoxy) is 2. The van der Waals surface area contributed by atoms with E-state index >= 15 is 0 Å². The summed E-state index contributed by atoms with van der Waals surface area (Å²) >= 11 is 0. The van der Waals surface area contributed by atoms with Gasteiger partial charge in [-0.05, 0) is 24.3 Å². The van der Waals surface area contributed by atoms with E-state index in [9.17, 15) is 0 Å². The Balaban J connectivity index is 2.41. The molecule has 0 aliphatic carbocycles. The molecule has 0 radical (unpaired) electrons. The van der Waals surface area contributed by atoms with E-state index in [0.717, 1.165) is 11.1 Å². The summed E-state index contributed by atoms with van der Waals surface area (Å²) in [5.74, 6) is 7.32. The minimum absolute atomic E-state index is 0.560. The fourth-order valence-electron chi connectivity index (χ4n) is 1.83. The van der Waals surface area contributed by atoms with Crippen LogP contribution in [0.5, 0.6) is 11.5 Å². The maximum absolute atomic E-state index is 5.84. The Morgan fingerprint density at radius 2 is 1.75 bits per heavy atom. The maximum Gasteiger partial charge on any atom is 0.157 e. The van der Waals surface area contributed by atoms with Crippen molar-refractivity contribution in [2.24, 2.45) is 0 Å². The molecule has 2 aromatic rings. The highest BCUT2D eigenvalue weighted by Crippen LogP contribution is 2.25. The van der Waals surface area contributed by atoms with Crippen molar-refractivity contribution in [3.8, 4) is 23.3 Å². The molecular formula is C16H16N2O2. The van der Waals surface area contributed by atoms with Gasteiger partial charge >= 0.3 is 0 Å². The number of rotatable bonds is 2. The third-order valence-electron chi connectivity index (χ3n) is 2.76. The topological polar surface area (TPSA) is 70.5 Å². The molecule has 0 atom stereocenters. The van der Waals surface area contributed by atoms with Gasteiger partial charge in [-0.25, -0.2) is 0 Å². The number of hydrogen-bond acceptors (Lipinski definition) is 4. The van der Waals surface area contributed by atoms with E-state index in [4.69, 9.17) is 20.9 Å². The summed E-state index contributed by atoms with van der Waals surface area (Å²) in [5.41, 5.74) is 14.3. The summed E-state index contributed by atoms with van der Waals surface area (Å²) in [5, 5.41) is 0. The number of nitrogens with two attached hydrogens (primary N) is 2. The number of anilines is 2. The summed E-state index contributed by atoms with van der Waals surface area (Å²) in [4.78, 5) is 0. The van der Waals surface area contributed by atoms with Crippen molar-refractivity contribution < 1.29 is 9.47 Å². The minimum atomic E-state index is 0.560. The predicted molar refractivity (Wildman–Crippen MR) is 80.8 cm³/mol. The van der Waals surface area contributed by atoms with E-state index in [1.165, 1.54) is 0 Å². The van der Waals surface area contributed by atoms with E-state index in [2.05, 4.69) is 11.8 Å². The van der Waals surface area contributed by atoms with Crippen LogP contribution in [0.1, 0.15) is 11.1 Å². The van der Waals surface area contributed by atoms with E-state index in [1.54, 1.807) is 32.4 Å². The van der Waals surface area contributed by atoms with Gasteiger partial charge in [-0.3, -0.25) is 0 Å². The maximum atomic E-state index is 5.84. The average molecular weight is 268 g/mol. The molecule has 20 heavy (non-hydrogen) atoms. The molecule has 0 aliphatic heterocycles. The molecule has 0 heterocycles. The molecule has 2 aromatic carbocycles. The van der Waals surface area contributed by atoms with Crippen LogP contribution in [0.3, 0.4) is 0 Å². The summed E-state index contributed by atoms with van der Waals surface area (Å²) in [6.07, 6.45) is 0. The smallest absolute Gasteiger partial charge is 0.157 e. The summed E-state index contributed by atoms with van der Waals surface area (Å²) in [6, 6.07) is 10.8. The number of nitrogen functional groups attached to an aromatic ring is 2. The zero-order valence-electron chi connectivity index (χ0n) is 11.4. The Bertz CT molecular complexity index is 685. The number of hydrogen-bond donors (Lipinski definition) is 2. The third kappa shape index (κ3) is 2.96. The Morgan fingerprint density at radius 3 is 2.45 bits per heavy atom. The molecule has 0 spiro atoms. The first kappa shape index (κ1) is 13.6. The van der Waals surface area contributed by atoms with E-state index in [1.807, 2.05) is 18.2 Å². The van der Waals surface area contributed by atoms with Gasteiger partial charge in [0.15, 0.2) is 5.75 Å². The lowest BCUT2D eigenvalue weighted by Gasteiger charge is -2.06. The van der Waals surface area contributed by atoms with Crippen LogP contribution in [0.2, 0.25) is 0 Å². The van der Waals surface area contributed by atoms with Crippen molar-refractivity contribution in [2.45, 2.75) is 0 Å². The van der Waals surface area contributed by atoms with Gasteiger partial charge in [0.25, 0.3) is 0 Å². The highest BCUT2D eigenvalue weighted by Gasteiger charge is 2.03. The molecule has 0 aromatic heterocycles. The SMILES string of the molecule is COc1cc(N)cc(C#Cc2cccc(N)c2OC)c1. The van der Waals surface area contributed by atoms with Crippen molar-refractivity contribution in [1.82, 2.24) is 0 Å². The zero-order chi connectivity index (χ0) is 14.5. The second-order valence-corrected chi connectivity index (χ2v) is 4.17. The first-order valence-electron chi connectivity index (χ1n) is 6.03. The number of para-hydroxylation sites is 1. The molecule has 0 saturated heterocycles. The lowest BCUT2D eigenvalue weighted by atomic mass is 10.1. The van der Waals surface area contributed by atoms with Gasteiger partial charge in [0.05, 0.1) is 25.5 Å². The van der Waals surface area contributed by atoms with Crippen molar-refractivity contribution in [1.29, 1.82) is 0 Å². The molecule has 0 fully saturated rings. The van der Waals surface area contributed by atoms with Gasteiger partial charge in [0.2, 0.25) is 0 Å². The van der Waals surface area contributed by atoms with Gasteiger partial charge in [0, 0.05) is 17.3 Å². The largest absolute Gasteiger partial charge is 0.497 e. The van der Waals surface area contributed by atoms with Gasteiger partial charge < -0.3 is 20.9 Å². The fraction of sp³-hybridized carbons (Fsp3) is 0.125. The summed E-state index contributed by atoms with van der Waals surface area (Å²) in [7, 11) is 3.16. The van der Waals surface area contributed by atoms with Crippen molar-refractivity contribution in [3.05, 3.63) is 47.5 Å². The highest BCUT2D eigenvalue weighted by molar-refractivity contribution is 5.63. The van der Waals surface area contributed by atoms with Crippen molar-refractivity contribution >= 4 is 11.4 Å². The van der Waals surface area contributed by atoms with Gasteiger partial charge in [-0.2, -0.15) is 0 Å². The van der Waals surface area contributed by atoms with Crippen LogP contribution in [0.15, 0.2) is 36.4 Å². The van der Waals surface area contributed by atoms with Gasteiger partial charge in [-0.15, -0.1) is 0 Å². The molecule has 4 nitrogen and oxygen atoms in total. The average Bonchev–Trinajstić information content (AvgIpc) is 2.44. The second kappa shape index (κ2) is 5.89. The Labute approximate surface area is 118 Å². The molecule has 2 rings (SSSR count). The third-order valence-corrected chi connectivity index (χ3v) is 2.76. The first-order chi connectivity index (χ1) is 9.63. The van der Waals surface area contributed by atoms with Crippen LogP contribution in [0.4, 0.5) is 11.4 Å². The van der Waals surface area contributed by atoms with Crippen LogP contribution in [-0.4, -0.2) is 14.2 Å². The van der Waals surface area contributed by atoms with E-state index in [-0.39, 0.29) is 0 Å². The molecule has 102 valence electrons. The molecule has 0 aliphatic rings. The van der Waals surface area contributed by atoms with Gasteiger partial charge in [-0.1, -0.05) is 17.9 Å². The zero-order valence-corrected chi connectivity index (χ0v) is 11.4. The monoisotopic (exact) mass is 268 g/mol. The highest BCUT2D eigenvalue weighted by atomic mass is 16.5. The number of benzene rings is 2. The molecule has 0 amide bonds. The number of methoxy groups -OCH3 is 2. The Hall–Kier alpha value is -2.80. The van der Waals surface area contributed by atoms with E-state index < -0.39 is 0 Å². The van der Waals surface area contributed by atoms with Crippen molar-refractivity contribution in [3.63, 3.8) is 0 Å².